The van der Waals surface area contributed by atoms with E-state index in [2.05, 4.69) is 5.32 Å². The molecule has 1 aliphatic rings. The van der Waals surface area contributed by atoms with Gasteiger partial charge in [-0.05, 0) is 74.2 Å². The lowest BCUT2D eigenvalue weighted by Crippen LogP contribution is -2.55. The summed E-state index contributed by atoms with van der Waals surface area (Å²) in [5.74, 6) is -1.35. The van der Waals surface area contributed by atoms with Crippen molar-refractivity contribution in [1.29, 1.82) is 0 Å². The number of aryl methyl sites for hydroxylation is 2. The fourth-order valence-corrected chi connectivity index (χ4v) is 7.49. The highest BCUT2D eigenvalue weighted by molar-refractivity contribution is 7.92. The van der Waals surface area contributed by atoms with Crippen molar-refractivity contribution >= 4 is 27.5 Å². The molecule has 2 amide bonds. The number of hydrogen-bond donors (Lipinski definition) is 1. The number of carbonyl (C=O) groups excluding carboxylic acids is 2. The summed E-state index contributed by atoms with van der Waals surface area (Å²) in [6.45, 7) is 3.32. The molecule has 246 valence electrons. The standard InChI is InChI=1S/C38H42FN3O4S/c1-28-16-22-35(23-17-28)47(45,46)42(34-20-18-32(39)19-21-34)27-37(43)41(26-31-13-9-10-29(2)24-31)36(25-30-11-5-3-6-12-30)38(44)40-33-14-7-4-8-15-33/h3,5-6,9-13,16-24,33,36H,4,7-8,14-15,25-27H2,1-2H3,(H,40,44)/t36-/m0/s1. The molecule has 1 fully saturated rings. The largest absolute Gasteiger partial charge is 0.352 e. The maximum Gasteiger partial charge on any atom is 0.264 e. The molecule has 0 spiro atoms. The number of hydrogen-bond acceptors (Lipinski definition) is 4. The van der Waals surface area contributed by atoms with Crippen molar-refractivity contribution in [2.45, 2.75) is 75.9 Å². The molecule has 1 saturated carbocycles. The average molecular weight is 656 g/mol. The van der Waals surface area contributed by atoms with E-state index >= 15 is 0 Å². The highest BCUT2D eigenvalue weighted by Crippen LogP contribution is 2.26. The number of anilines is 1. The summed E-state index contributed by atoms with van der Waals surface area (Å²) in [6, 6.07) is 27.7. The van der Waals surface area contributed by atoms with Crippen molar-refractivity contribution in [1.82, 2.24) is 10.2 Å². The fourth-order valence-electron chi connectivity index (χ4n) is 6.08. The highest BCUT2D eigenvalue weighted by atomic mass is 32.2. The van der Waals surface area contributed by atoms with Gasteiger partial charge in [0.15, 0.2) is 0 Å². The van der Waals surface area contributed by atoms with E-state index < -0.39 is 34.3 Å². The summed E-state index contributed by atoms with van der Waals surface area (Å²) in [6.07, 6.45) is 5.20. The van der Waals surface area contributed by atoms with Crippen LogP contribution in [0.4, 0.5) is 10.1 Å². The smallest absolute Gasteiger partial charge is 0.264 e. The molecular weight excluding hydrogens is 614 g/mol. The SMILES string of the molecule is Cc1ccc(S(=O)(=O)N(CC(=O)N(Cc2cccc(C)c2)[C@@H](Cc2ccccc2)C(=O)NC2CCCCC2)c2ccc(F)cc2)cc1. The Labute approximate surface area is 277 Å². The molecule has 9 heteroatoms. The van der Waals surface area contributed by atoms with Crippen LogP contribution in [-0.2, 0) is 32.6 Å². The Morgan fingerprint density at radius 1 is 0.809 bits per heavy atom. The number of nitrogens with one attached hydrogen (secondary N) is 1. The third kappa shape index (κ3) is 8.86. The van der Waals surface area contributed by atoms with E-state index in [4.69, 9.17) is 0 Å². The molecule has 1 aliphatic carbocycles. The Balaban J connectivity index is 1.56. The second-order valence-corrected chi connectivity index (χ2v) is 14.2. The molecule has 0 heterocycles. The Kier molecular flexibility index (Phi) is 11.1. The van der Waals surface area contributed by atoms with E-state index in [1.54, 1.807) is 12.1 Å². The summed E-state index contributed by atoms with van der Waals surface area (Å²) >= 11 is 0. The van der Waals surface area contributed by atoms with Gasteiger partial charge >= 0.3 is 0 Å². The highest BCUT2D eigenvalue weighted by Gasteiger charge is 2.35. The van der Waals surface area contributed by atoms with Crippen LogP contribution in [-0.4, -0.2) is 43.8 Å². The third-order valence-electron chi connectivity index (χ3n) is 8.66. The maximum atomic E-state index is 14.6. The van der Waals surface area contributed by atoms with Gasteiger partial charge < -0.3 is 10.2 Å². The second-order valence-electron chi connectivity index (χ2n) is 12.4. The second kappa shape index (κ2) is 15.4. The topological polar surface area (TPSA) is 86.8 Å². The van der Waals surface area contributed by atoms with E-state index in [-0.39, 0.29) is 35.5 Å². The number of halogens is 1. The van der Waals surface area contributed by atoms with Crippen LogP contribution >= 0.6 is 0 Å². The first-order valence-corrected chi connectivity index (χ1v) is 17.6. The van der Waals surface area contributed by atoms with E-state index in [0.717, 1.165) is 70.8 Å². The molecule has 0 radical (unpaired) electrons. The number of benzene rings is 4. The number of nitrogens with zero attached hydrogens (tertiary/aromatic N) is 2. The van der Waals surface area contributed by atoms with Crippen LogP contribution in [0.15, 0.2) is 108 Å². The van der Waals surface area contributed by atoms with Crippen molar-refractivity contribution in [3.8, 4) is 0 Å². The predicted octanol–water partition coefficient (Wildman–Crippen LogP) is 6.73. The van der Waals surface area contributed by atoms with Crippen molar-refractivity contribution in [3.05, 3.63) is 131 Å². The summed E-state index contributed by atoms with van der Waals surface area (Å²) in [5, 5.41) is 3.22. The maximum absolute atomic E-state index is 14.6. The van der Waals surface area contributed by atoms with Crippen molar-refractivity contribution in [3.63, 3.8) is 0 Å². The van der Waals surface area contributed by atoms with Gasteiger partial charge in [-0.15, -0.1) is 0 Å². The summed E-state index contributed by atoms with van der Waals surface area (Å²) in [4.78, 5) is 30.3. The van der Waals surface area contributed by atoms with Crippen molar-refractivity contribution in [2.75, 3.05) is 10.8 Å². The van der Waals surface area contributed by atoms with E-state index in [9.17, 15) is 22.4 Å². The van der Waals surface area contributed by atoms with Crippen LogP contribution in [0, 0.1) is 19.7 Å². The van der Waals surface area contributed by atoms with Crippen LogP contribution < -0.4 is 9.62 Å². The zero-order chi connectivity index (χ0) is 33.4. The van der Waals surface area contributed by atoms with Crippen molar-refractivity contribution < 1.29 is 22.4 Å². The number of rotatable bonds is 12. The lowest BCUT2D eigenvalue weighted by atomic mass is 9.94. The van der Waals surface area contributed by atoms with Gasteiger partial charge in [0, 0.05) is 19.0 Å². The molecule has 47 heavy (non-hydrogen) atoms. The fraction of sp³-hybridized carbons (Fsp3) is 0.316. The molecule has 0 unspecified atom stereocenters. The monoisotopic (exact) mass is 655 g/mol. The molecule has 5 rings (SSSR count). The summed E-state index contributed by atoms with van der Waals surface area (Å²) in [5.41, 5.74) is 3.71. The zero-order valence-corrected chi connectivity index (χ0v) is 27.8. The molecule has 1 N–H and O–H groups in total. The van der Waals surface area contributed by atoms with Gasteiger partial charge in [-0.3, -0.25) is 13.9 Å². The first kappa shape index (κ1) is 33.9. The molecule has 4 aromatic carbocycles. The quantitative estimate of drug-likeness (QED) is 0.184. The predicted molar refractivity (Wildman–Crippen MR) is 183 cm³/mol. The Morgan fingerprint density at radius 2 is 1.47 bits per heavy atom. The first-order chi connectivity index (χ1) is 22.6. The van der Waals surface area contributed by atoms with Gasteiger partial charge in [-0.2, -0.15) is 0 Å². The van der Waals surface area contributed by atoms with Crippen LogP contribution in [0.3, 0.4) is 0 Å². The minimum atomic E-state index is -4.26. The lowest BCUT2D eigenvalue weighted by molar-refractivity contribution is -0.140. The normalized spacial score (nSPS) is 14.3. The van der Waals surface area contributed by atoms with Gasteiger partial charge in [-0.1, -0.05) is 97.1 Å². The average Bonchev–Trinajstić information content (AvgIpc) is 3.06. The minimum Gasteiger partial charge on any atom is -0.352 e. The van der Waals surface area contributed by atoms with Gasteiger partial charge in [0.2, 0.25) is 11.8 Å². The van der Waals surface area contributed by atoms with Gasteiger partial charge in [0.25, 0.3) is 10.0 Å². The lowest BCUT2D eigenvalue weighted by Gasteiger charge is -2.35. The number of carbonyl (C=O) groups is 2. The summed E-state index contributed by atoms with van der Waals surface area (Å²) in [7, 11) is -4.26. The zero-order valence-electron chi connectivity index (χ0n) is 26.9. The molecule has 4 aromatic rings. The van der Waals surface area contributed by atoms with E-state index in [0.29, 0.717) is 0 Å². The van der Waals surface area contributed by atoms with Crippen LogP contribution in [0.2, 0.25) is 0 Å². The number of sulfonamides is 1. The molecule has 0 saturated heterocycles. The minimum absolute atomic E-state index is 0.00124. The Bertz CT molecular complexity index is 1760. The van der Waals surface area contributed by atoms with Crippen LogP contribution in [0.1, 0.15) is 54.4 Å². The van der Waals surface area contributed by atoms with Gasteiger partial charge in [0.05, 0.1) is 10.6 Å². The molecule has 7 nitrogen and oxygen atoms in total. The molecule has 0 bridgehead atoms. The van der Waals surface area contributed by atoms with E-state index in [1.165, 1.54) is 29.2 Å². The van der Waals surface area contributed by atoms with Crippen molar-refractivity contribution in [2.24, 2.45) is 0 Å². The van der Waals surface area contributed by atoms with Gasteiger partial charge in [0.1, 0.15) is 18.4 Å². The molecular formula is C38H42FN3O4S. The Hall–Kier alpha value is -4.50. The van der Waals surface area contributed by atoms with E-state index in [1.807, 2.05) is 68.4 Å². The molecule has 1 atom stereocenters. The molecule has 0 aliphatic heterocycles. The first-order valence-electron chi connectivity index (χ1n) is 16.1. The molecule has 0 aromatic heterocycles. The number of amides is 2. The summed E-state index contributed by atoms with van der Waals surface area (Å²) < 4.78 is 43.2. The van der Waals surface area contributed by atoms with Crippen LogP contribution in [0.5, 0.6) is 0 Å². The van der Waals surface area contributed by atoms with Crippen LogP contribution in [0.25, 0.3) is 0 Å². The van der Waals surface area contributed by atoms with Gasteiger partial charge in [-0.25, -0.2) is 12.8 Å². The Morgan fingerprint density at radius 3 is 2.13 bits per heavy atom. The third-order valence-corrected chi connectivity index (χ3v) is 10.4.